The number of nitrogens with zero attached hydrogens (tertiary/aromatic N) is 14. The average molecular weight is 998 g/mol. The molecule has 8 rings (SSSR count). The Bertz CT molecular complexity index is 1480. The van der Waals surface area contributed by atoms with Crippen molar-refractivity contribution >= 4 is 48.1 Å². The maximum absolute atomic E-state index is 9.19. The molecule has 0 aromatic heterocycles. The molecular formula is C50H78CoN14S2-6. The van der Waals surface area contributed by atoms with Crippen molar-refractivity contribution in [3.05, 3.63) is 55.0 Å². The van der Waals surface area contributed by atoms with Crippen LogP contribution < -0.4 is 0 Å². The average Bonchev–Trinajstić information content (AvgIpc) is 3.39. The number of thiocyanates is 2. The molecule has 14 nitrogen and oxygen atoms in total. The van der Waals surface area contributed by atoms with Crippen LogP contribution in [0.2, 0.25) is 0 Å². The Kier molecular flexibility index (Phi) is 34.9. The van der Waals surface area contributed by atoms with E-state index < -0.39 is 0 Å². The molecule has 0 amide bonds. The number of hydrogen-bond donors (Lipinski definition) is 0. The Labute approximate surface area is 425 Å². The second-order valence-corrected chi connectivity index (χ2v) is 19.4. The fourth-order valence-electron chi connectivity index (χ4n) is 11.4. The molecule has 17 heteroatoms. The van der Waals surface area contributed by atoms with Gasteiger partial charge in [-0.05, 0) is 57.8 Å². The molecule has 0 unspecified atom stereocenters. The quantitative estimate of drug-likeness (QED) is 0.0756. The Morgan fingerprint density at radius 3 is 0.925 bits per heavy atom. The van der Waals surface area contributed by atoms with Gasteiger partial charge in [-0.2, -0.15) is 19.2 Å². The molecule has 67 heavy (non-hydrogen) atoms. The van der Waals surface area contributed by atoms with Crippen molar-refractivity contribution in [2.24, 2.45) is 41.4 Å². The maximum Gasteiger partial charge on any atom is 0.297 e. The van der Waals surface area contributed by atoms with Gasteiger partial charge in [0.05, 0.1) is 41.4 Å². The van der Waals surface area contributed by atoms with E-state index in [1.165, 1.54) is 145 Å². The zero-order chi connectivity index (χ0) is 47.5. The minimum absolute atomic E-state index is 0. The first kappa shape index (κ1) is 60.1. The minimum Gasteiger partial charge on any atom is -0.696 e. The molecule has 1 radical (unpaired) electrons. The van der Waals surface area contributed by atoms with Crippen molar-refractivity contribution in [3.63, 3.8) is 0 Å². The minimum atomic E-state index is 0. The van der Waals surface area contributed by atoms with E-state index in [0.717, 1.165) is 120 Å². The van der Waals surface area contributed by atoms with E-state index in [2.05, 4.69) is 71.8 Å². The largest absolute Gasteiger partial charge is 0.696 e. The molecule has 0 bridgehead atoms. The molecule has 0 atom stereocenters. The fourth-order valence-corrected chi connectivity index (χ4v) is 11.4. The van der Waals surface area contributed by atoms with Crippen LogP contribution in [0.25, 0.3) is 43.4 Å². The number of piperidine rings is 3. The molecule has 4 aliphatic heterocycles. The fraction of sp³-hybridized carbons (Fsp3) is 0.840. The van der Waals surface area contributed by atoms with Gasteiger partial charge in [0.25, 0.3) is 22.8 Å². The Morgan fingerprint density at radius 2 is 0.687 bits per heavy atom. The predicted octanol–water partition coefficient (Wildman–Crippen LogP) is 12.0. The first-order chi connectivity index (χ1) is 32.5. The van der Waals surface area contributed by atoms with Gasteiger partial charge >= 0.3 is 0 Å². The first-order valence-electron chi connectivity index (χ1n) is 25.6. The van der Waals surface area contributed by atoms with Crippen molar-refractivity contribution in [1.29, 1.82) is 10.5 Å². The van der Waals surface area contributed by atoms with Gasteiger partial charge in [0.1, 0.15) is 0 Å². The summed E-state index contributed by atoms with van der Waals surface area (Å²) in [4.78, 5) is 14.4. The van der Waals surface area contributed by atoms with Crippen molar-refractivity contribution < 1.29 is 35.9 Å². The molecule has 0 aromatic rings. The topological polar surface area (TPSA) is 250 Å². The summed E-state index contributed by atoms with van der Waals surface area (Å²) in [5.74, 6) is 3.71. The summed E-state index contributed by atoms with van der Waals surface area (Å²) in [5.41, 5.74) is 42.2. The van der Waals surface area contributed by atoms with Crippen LogP contribution in [0.15, 0.2) is 11.6 Å². The van der Waals surface area contributed by atoms with E-state index >= 15 is 0 Å². The summed E-state index contributed by atoms with van der Waals surface area (Å²) >= 11 is 7.40. The van der Waals surface area contributed by atoms with Gasteiger partial charge in [-0.1, -0.05) is 132 Å². The third-order valence-electron chi connectivity index (χ3n) is 14.9. The third-order valence-corrected chi connectivity index (χ3v) is 14.9. The monoisotopic (exact) mass is 998 g/mol. The Hall–Kier alpha value is -2.97. The number of nitriles is 2. The van der Waals surface area contributed by atoms with Gasteiger partial charge in [-0.15, -0.1) is 52.4 Å². The second-order valence-electron chi connectivity index (χ2n) is 19.0. The summed E-state index contributed by atoms with van der Waals surface area (Å²) in [6, 6.07) is 0. The third kappa shape index (κ3) is 23.0. The predicted molar refractivity (Wildman–Crippen MR) is 270 cm³/mol. The molecular weight excluding hydrogens is 920 g/mol. The Morgan fingerprint density at radius 1 is 0.418 bits per heavy atom. The van der Waals surface area contributed by atoms with E-state index in [-0.39, 0.29) is 16.8 Å². The van der Waals surface area contributed by atoms with Crippen LogP contribution in [0.5, 0.6) is 0 Å². The van der Waals surface area contributed by atoms with Crippen LogP contribution in [0, 0.1) is 62.8 Å². The van der Waals surface area contributed by atoms with Gasteiger partial charge in [0.15, 0.2) is 0 Å². The molecule has 4 heterocycles. The molecule has 3 saturated heterocycles. The van der Waals surface area contributed by atoms with Gasteiger partial charge in [-0.25, -0.2) is 10.5 Å². The van der Waals surface area contributed by atoms with Gasteiger partial charge in [0, 0.05) is 22.4 Å². The molecule has 8 aliphatic rings. The van der Waals surface area contributed by atoms with E-state index in [1.54, 1.807) is 0 Å². The normalized spacial score (nSPS) is 22.0. The van der Waals surface area contributed by atoms with E-state index in [4.69, 9.17) is 16.1 Å². The standard InChI is InChI=1S/3C12H20N3.C12H18N3.2CHNS.Co/c4*13-15-12(10-4-2-1-3-5-10)11-6-8-14-9-7-11;2*2-1-3;/h3*10-11H,1-9H2;6,10H,1-5,7-9H2;2*3H;/q4*-1;;;/p-2. The molecule has 7 fully saturated rings. The zero-order valence-corrected chi connectivity index (χ0v) is 43.0. The van der Waals surface area contributed by atoms with Crippen molar-refractivity contribution in [3.8, 4) is 10.8 Å². The molecule has 0 N–H and O–H groups in total. The summed E-state index contributed by atoms with van der Waals surface area (Å²) < 4.78 is 0. The molecule has 0 aromatic carbocycles. The van der Waals surface area contributed by atoms with Crippen molar-refractivity contribution in [2.45, 2.75) is 173 Å². The second kappa shape index (κ2) is 38.8. The maximum atomic E-state index is 9.19. The van der Waals surface area contributed by atoms with Gasteiger partial charge < -0.3 is 68.6 Å². The first-order valence-corrected chi connectivity index (χ1v) is 26.4. The Balaban J connectivity index is 0.000000293. The van der Waals surface area contributed by atoms with Crippen LogP contribution in [0.1, 0.15) is 173 Å². The van der Waals surface area contributed by atoms with Crippen LogP contribution in [-0.4, -0.2) is 94.4 Å². The van der Waals surface area contributed by atoms with Crippen LogP contribution in [0.4, 0.5) is 0 Å². The SMILES string of the molecule is N#C[S-].N#C[S-].[Co].[N-]=[N+]=C(C1=CC[N-]CC1)C1CCCCC1.[N-]=[N+]=C(C1CCCCC1)C1CC[N-]CC1.[N-]=[N+]=C(C1CCCCC1)C1CC[N-]CC1.[N-]=[N+]=C(C1CCCCC1)C1CC[N-]CC1. The summed E-state index contributed by atoms with van der Waals surface area (Å²) in [6.07, 6.45) is 35.2. The van der Waals surface area contributed by atoms with E-state index in [0.29, 0.717) is 41.4 Å². The zero-order valence-electron chi connectivity index (χ0n) is 40.3. The molecule has 375 valence electrons. The van der Waals surface area contributed by atoms with Crippen molar-refractivity contribution in [1.82, 2.24) is 0 Å². The van der Waals surface area contributed by atoms with E-state index in [1.807, 2.05) is 0 Å². The molecule has 0 spiro atoms. The summed E-state index contributed by atoms with van der Waals surface area (Å²) in [5, 5.41) is 34.3. The van der Waals surface area contributed by atoms with Crippen LogP contribution >= 0.6 is 0 Å². The molecule has 4 aliphatic carbocycles. The van der Waals surface area contributed by atoms with Crippen LogP contribution in [-0.2, 0) is 42.0 Å². The number of rotatable bonds is 8. The van der Waals surface area contributed by atoms with Crippen molar-refractivity contribution in [2.75, 3.05) is 52.4 Å². The van der Waals surface area contributed by atoms with Crippen LogP contribution in [0.3, 0.4) is 0 Å². The summed E-state index contributed by atoms with van der Waals surface area (Å²) in [6.45, 7) is 7.41. The van der Waals surface area contributed by atoms with E-state index in [9.17, 15) is 16.6 Å². The van der Waals surface area contributed by atoms with Gasteiger partial charge in [-0.3, -0.25) is 0 Å². The van der Waals surface area contributed by atoms with Gasteiger partial charge in [0.2, 0.25) is 0 Å². The number of hydrogen-bond acceptors (Lipinski definition) is 4. The summed E-state index contributed by atoms with van der Waals surface area (Å²) in [7, 11) is 0. The molecule has 4 saturated carbocycles. The smallest absolute Gasteiger partial charge is 0.297 e.